The molecule has 1 atom stereocenters. The molecule has 0 unspecified atom stereocenters. The lowest BCUT2D eigenvalue weighted by Crippen LogP contribution is -2.28. The molecule has 0 aliphatic carbocycles. The van der Waals surface area contributed by atoms with Gasteiger partial charge < -0.3 is 10.1 Å². The van der Waals surface area contributed by atoms with Crippen LogP contribution in [0.4, 0.5) is 10.5 Å². The average Bonchev–Trinajstić information content (AvgIpc) is 3.25. The van der Waals surface area contributed by atoms with Gasteiger partial charge in [-0.2, -0.15) is 0 Å². The molecule has 33 heavy (non-hydrogen) atoms. The second kappa shape index (κ2) is 9.22. The molecule has 4 aromatic rings. The molecule has 0 bridgehead atoms. The molecule has 3 aromatic carbocycles. The fourth-order valence-electron chi connectivity index (χ4n) is 4.06. The molecule has 2 heterocycles. The van der Waals surface area contributed by atoms with E-state index in [1.165, 1.54) is 0 Å². The first-order chi connectivity index (χ1) is 16.2. The van der Waals surface area contributed by atoms with E-state index in [1.54, 1.807) is 23.5 Å². The summed E-state index contributed by atoms with van der Waals surface area (Å²) in [6, 6.07) is 25.7. The standard InChI is InChI=1S/C27H21N3O2S/c31-27-30(25(18-32-27)20-8-2-1-3-9-20)24-14-15-28-17-21(24)13-16-29-26(33)23-12-6-10-19-7-4-5-11-22(19)23/h1-17,25H,18H2,(H,29,33)/b16-13+/t25-/m0/s1. The number of ether oxygens (including phenoxy) is 1. The number of thiocarbonyl (C=S) groups is 1. The van der Waals surface area contributed by atoms with Gasteiger partial charge in [0, 0.05) is 29.7 Å². The molecule has 5 nitrogen and oxygen atoms in total. The van der Waals surface area contributed by atoms with E-state index in [1.807, 2.05) is 66.7 Å². The quantitative estimate of drug-likeness (QED) is 0.385. The molecule has 0 spiro atoms. The summed E-state index contributed by atoms with van der Waals surface area (Å²) in [4.78, 5) is 19.2. The van der Waals surface area contributed by atoms with Gasteiger partial charge in [-0.3, -0.25) is 9.88 Å². The number of amides is 1. The molecule has 0 saturated carbocycles. The van der Waals surface area contributed by atoms with Crippen molar-refractivity contribution in [2.24, 2.45) is 0 Å². The summed E-state index contributed by atoms with van der Waals surface area (Å²) >= 11 is 5.64. The lowest BCUT2D eigenvalue weighted by Gasteiger charge is -2.23. The molecule has 1 saturated heterocycles. The van der Waals surface area contributed by atoms with Crippen LogP contribution in [0.3, 0.4) is 0 Å². The number of pyridine rings is 1. The zero-order chi connectivity index (χ0) is 22.6. The zero-order valence-corrected chi connectivity index (χ0v) is 18.5. The number of carbonyl (C=O) groups excluding carboxylic acids is 1. The summed E-state index contributed by atoms with van der Waals surface area (Å²) < 4.78 is 5.39. The minimum absolute atomic E-state index is 0.196. The highest BCUT2D eigenvalue weighted by Gasteiger charge is 2.36. The molecule has 1 fully saturated rings. The van der Waals surface area contributed by atoms with Gasteiger partial charge >= 0.3 is 6.09 Å². The number of aromatic nitrogens is 1. The summed E-state index contributed by atoms with van der Waals surface area (Å²) in [6.45, 7) is 0.303. The second-order valence-corrected chi connectivity index (χ2v) is 8.05. The highest BCUT2D eigenvalue weighted by molar-refractivity contribution is 7.80. The Hall–Kier alpha value is -4.03. The van der Waals surface area contributed by atoms with Crippen molar-refractivity contribution in [1.82, 2.24) is 10.3 Å². The third-order valence-corrected chi connectivity index (χ3v) is 5.99. The average molecular weight is 452 g/mol. The Morgan fingerprint density at radius 2 is 1.82 bits per heavy atom. The van der Waals surface area contributed by atoms with Gasteiger partial charge in [-0.1, -0.05) is 85.0 Å². The third kappa shape index (κ3) is 4.21. The normalized spacial score (nSPS) is 15.7. The van der Waals surface area contributed by atoms with Crippen molar-refractivity contribution in [2.45, 2.75) is 6.04 Å². The number of anilines is 1. The second-order valence-electron chi connectivity index (χ2n) is 7.64. The van der Waals surface area contributed by atoms with Crippen LogP contribution in [0, 0.1) is 0 Å². The van der Waals surface area contributed by atoms with Crippen molar-refractivity contribution in [3.8, 4) is 0 Å². The summed E-state index contributed by atoms with van der Waals surface area (Å²) in [5, 5.41) is 5.43. The summed E-state index contributed by atoms with van der Waals surface area (Å²) in [5.41, 5.74) is 3.50. The number of fused-ring (bicyclic) bond motifs is 1. The van der Waals surface area contributed by atoms with E-state index in [2.05, 4.69) is 28.5 Å². The number of nitrogens with zero attached hydrogens (tertiary/aromatic N) is 2. The molecule has 5 rings (SSSR count). The summed E-state index contributed by atoms with van der Waals surface area (Å²) in [7, 11) is 0. The minimum Gasteiger partial charge on any atom is -0.447 e. The van der Waals surface area contributed by atoms with Crippen molar-refractivity contribution in [2.75, 3.05) is 11.5 Å². The molecule has 1 aliphatic rings. The number of cyclic esters (lactones) is 1. The predicted octanol–water partition coefficient (Wildman–Crippen LogP) is 5.87. The Balaban J connectivity index is 1.40. The van der Waals surface area contributed by atoms with Crippen LogP contribution in [-0.2, 0) is 4.74 Å². The number of nitrogens with one attached hydrogen (secondary N) is 1. The SMILES string of the molecule is O=C1OC[C@@H](c2ccccc2)N1c1ccncc1/C=C/NC(=S)c1cccc2ccccc12. The molecule has 1 N–H and O–H groups in total. The van der Waals surface area contributed by atoms with Gasteiger partial charge in [-0.15, -0.1) is 0 Å². The molecule has 1 amide bonds. The van der Waals surface area contributed by atoms with Crippen molar-refractivity contribution >= 4 is 45.8 Å². The Morgan fingerprint density at radius 1 is 1.03 bits per heavy atom. The van der Waals surface area contributed by atoms with Crippen LogP contribution >= 0.6 is 12.2 Å². The van der Waals surface area contributed by atoms with Crippen molar-refractivity contribution in [3.63, 3.8) is 0 Å². The summed E-state index contributed by atoms with van der Waals surface area (Å²) in [6.07, 6.45) is 6.68. The fourth-order valence-corrected chi connectivity index (χ4v) is 4.31. The molecule has 1 aromatic heterocycles. The van der Waals surface area contributed by atoms with Gasteiger partial charge in [-0.05, 0) is 28.5 Å². The fraction of sp³-hybridized carbons (Fsp3) is 0.0741. The highest BCUT2D eigenvalue weighted by Crippen LogP contribution is 2.35. The van der Waals surface area contributed by atoms with E-state index in [0.29, 0.717) is 11.6 Å². The molecule has 162 valence electrons. The van der Waals surface area contributed by atoms with Crippen molar-refractivity contribution < 1.29 is 9.53 Å². The number of rotatable bonds is 5. The molecule has 0 radical (unpaired) electrons. The van der Waals surface area contributed by atoms with Gasteiger partial charge in [0.25, 0.3) is 0 Å². The maximum Gasteiger partial charge on any atom is 0.415 e. The predicted molar refractivity (Wildman–Crippen MR) is 135 cm³/mol. The number of carbonyl (C=O) groups is 1. The largest absolute Gasteiger partial charge is 0.447 e. The van der Waals surface area contributed by atoms with E-state index in [4.69, 9.17) is 17.0 Å². The zero-order valence-electron chi connectivity index (χ0n) is 17.7. The van der Waals surface area contributed by atoms with E-state index >= 15 is 0 Å². The van der Waals surface area contributed by atoms with E-state index < -0.39 is 0 Å². The first kappa shape index (κ1) is 20.8. The van der Waals surface area contributed by atoms with Crippen LogP contribution in [-0.4, -0.2) is 22.7 Å². The van der Waals surface area contributed by atoms with Crippen LogP contribution in [0.1, 0.15) is 22.7 Å². The van der Waals surface area contributed by atoms with Gasteiger partial charge in [0.1, 0.15) is 11.6 Å². The smallest absolute Gasteiger partial charge is 0.415 e. The van der Waals surface area contributed by atoms with E-state index in [9.17, 15) is 4.79 Å². The van der Waals surface area contributed by atoms with Crippen LogP contribution in [0.5, 0.6) is 0 Å². The Bertz CT molecular complexity index is 1350. The monoisotopic (exact) mass is 451 g/mol. The first-order valence-corrected chi connectivity index (χ1v) is 11.0. The Labute approximate surface area is 197 Å². The number of benzene rings is 3. The van der Waals surface area contributed by atoms with Crippen molar-refractivity contribution in [1.29, 1.82) is 0 Å². The Morgan fingerprint density at radius 3 is 2.70 bits per heavy atom. The third-order valence-electron chi connectivity index (χ3n) is 5.66. The van der Waals surface area contributed by atoms with Crippen molar-refractivity contribution in [3.05, 3.63) is 114 Å². The maximum absolute atomic E-state index is 12.6. The molecular formula is C27H21N3O2S. The van der Waals surface area contributed by atoms with Gasteiger partial charge in [-0.25, -0.2) is 4.79 Å². The van der Waals surface area contributed by atoms with Gasteiger partial charge in [0.15, 0.2) is 0 Å². The lowest BCUT2D eigenvalue weighted by molar-refractivity contribution is 0.179. The van der Waals surface area contributed by atoms with E-state index in [0.717, 1.165) is 33.2 Å². The van der Waals surface area contributed by atoms with Gasteiger partial charge in [0.2, 0.25) is 0 Å². The summed E-state index contributed by atoms with van der Waals surface area (Å²) in [5.74, 6) is 0. The first-order valence-electron chi connectivity index (χ1n) is 10.6. The lowest BCUT2D eigenvalue weighted by atomic mass is 10.0. The number of hydrogen-bond donors (Lipinski definition) is 1. The van der Waals surface area contributed by atoms with E-state index in [-0.39, 0.29) is 12.1 Å². The topological polar surface area (TPSA) is 54.5 Å². The molecule has 1 aliphatic heterocycles. The van der Waals surface area contributed by atoms with Crippen LogP contribution in [0.2, 0.25) is 0 Å². The molecular weight excluding hydrogens is 430 g/mol. The van der Waals surface area contributed by atoms with Crippen LogP contribution in [0.25, 0.3) is 16.8 Å². The van der Waals surface area contributed by atoms with Crippen LogP contribution in [0.15, 0.2) is 97.5 Å². The van der Waals surface area contributed by atoms with Gasteiger partial charge in [0.05, 0.1) is 11.7 Å². The molecule has 6 heteroatoms. The number of hydrogen-bond acceptors (Lipinski definition) is 4. The minimum atomic E-state index is -0.371. The van der Waals surface area contributed by atoms with Crippen LogP contribution < -0.4 is 10.2 Å². The highest BCUT2D eigenvalue weighted by atomic mass is 32.1. The maximum atomic E-state index is 12.6. The Kier molecular flexibility index (Phi) is 5.83.